The average Bonchev–Trinajstić information content (AvgIpc) is 2.95. The number of hydrogen-bond acceptors (Lipinski definition) is 7. The lowest BCUT2D eigenvalue weighted by Gasteiger charge is -2.42. The molecular formula is C31H36N4O5. The Morgan fingerprint density at radius 1 is 1.15 bits per heavy atom. The molecule has 0 saturated heterocycles. The van der Waals surface area contributed by atoms with Crippen LogP contribution in [0.4, 0.5) is 0 Å². The lowest BCUT2D eigenvalue weighted by molar-refractivity contribution is -0.132. The van der Waals surface area contributed by atoms with Crippen LogP contribution in [0, 0.1) is 5.92 Å². The van der Waals surface area contributed by atoms with E-state index in [4.69, 9.17) is 24.9 Å². The third-order valence-corrected chi connectivity index (χ3v) is 8.64. The number of allylic oxidation sites excluding steroid dienone is 1. The first-order chi connectivity index (χ1) is 19.4. The van der Waals surface area contributed by atoms with Crippen molar-refractivity contribution in [3.05, 3.63) is 64.7 Å². The van der Waals surface area contributed by atoms with Gasteiger partial charge in [-0.15, -0.1) is 0 Å². The van der Waals surface area contributed by atoms with Crippen LogP contribution < -0.4 is 20.5 Å². The van der Waals surface area contributed by atoms with E-state index in [1.165, 1.54) is 0 Å². The Hall–Kier alpha value is -3.85. The van der Waals surface area contributed by atoms with E-state index in [9.17, 15) is 9.59 Å². The van der Waals surface area contributed by atoms with Gasteiger partial charge in [-0.05, 0) is 55.2 Å². The quantitative estimate of drug-likeness (QED) is 0.600. The minimum absolute atomic E-state index is 0.0444. The SMILES string of the molecule is CC[C@@]12CC/C=C/c3ccc4c(c3)[C@@H](NC(=O)c3ccc5c(c3)[C@@H](CCO5)N(C(=O)C1)C(N)=N2)[C@H](COC)CO4. The van der Waals surface area contributed by atoms with Crippen molar-refractivity contribution in [1.82, 2.24) is 10.2 Å². The van der Waals surface area contributed by atoms with Gasteiger partial charge in [0, 0.05) is 36.1 Å². The van der Waals surface area contributed by atoms with Crippen LogP contribution in [0.5, 0.6) is 11.5 Å². The minimum Gasteiger partial charge on any atom is -0.493 e. The first-order valence-electron chi connectivity index (χ1n) is 14.1. The number of carbonyl (C=O) groups is 2. The maximum absolute atomic E-state index is 13.7. The molecule has 0 saturated carbocycles. The number of benzene rings is 2. The molecule has 0 aromatic heterocycles. The molecule has 5 aliphatic heterocycles. The number of rotatable bonds is 3. The molecule has 2 aromatic carbocycles. The van der Waals surface area contributed by atoms with E-state index in [0.717, 1.165) is 35.3 Å². The molecule has 4 atom stereocenters. The third-order valence-electron chi connectivity index (χ3n) is 8.64. The fourth-order valence-corrected chi connectivity index (χ4v) is 6.42. The Kier molecular flexibility index (Phi) is 7.00. The van der Waals surface area contributed by atoms with Crippen LogP contribution in [-0.4, -0.2) is 55.1 Å². The van der Waals surface area contributed by atoms with Gasteiger partial charge < -0.3 is 25.3 Å². The zero-order chi connectivity index (χ0) is 27.9. The maximum atomic E-state index is 13.7. The second-order valence-electron chi connectivity index (χ2n) is 11.1. The molecule has 3 N–H and O–H groups in total. The number of fused-ring (bicyclic) bond motifs is 4. The third kappa shape index (κ3) is 4.72. The summed E-state index contributed by atoms with van der Waals surface area (Å²) in [6.45, 7) is 3.39. The zero-order valence-electron chi connectivity index (χ0n) is 23.0. The molecule has 0 spiro atoms. The number of aliphatic imine (C=N–C) groups is 1. The Labute approximate surface area is 234 Å². The van der Waals surface area contributed by atoms with Crippen LogP contribution in [0.15, 0.2) is 47.5 Å². The van der Waals surface area contributed by atoms with Crippen LogP contribution in [-0.2, 0) is 9.53 Å². The number of nitrogens with one attached hydrogen (secondary N) is 1. The van der Waals surface area contributed by atoms with Crippen molar-refractivity contribution in [2.75, 3.05) is 26.9 Å². The van der Waals surface area contributed by atoms with Gasteiger partial charge in [0.1, 0.15) is 11.5 Å². The summed E-state index contributed by atoms with van der Waals surface area (Å²) in [4.78, 5) is 33.9. The largest absolute Gasteiger partial charge is 0.493 e. The van der Waals surface area contributed by atoms with E-state index in [-0.39, 0.29) is 35.8 Å². The van der Waals surface area contributed by atoms with Crippen molar-refractivity contribution in [3.63, 3.8) is 0 Å². The second kappa shape index (κ2) is 10.6. The van der Waals surface area contributed by atoms with Gasteiger partial charge in [0.2, 0.25) is 5.91 Å². The molecule has 0 aliphatic carbocycles. The van der Waals surface area contributed by atoms with Crippen molar-refractivity contribution in [3.8, 4) is 11.5 Å². The lowest BCUT2D eigenvalue weighted by atomic mass is 9.84. The van der Waals surface area contributed by atoms with Crippen molar-refractivity contribution in [2.24, 2.45) is 16.6 Å². The molecule has 0 fully saturated rings. The van der Waals surface area contributed by atoms with Crippen molar-refractivity contribution in [1.29, 1.82) is 0 Å². The predicted octanol–water partition coefficient (Wildman–Crippen LogP) is 4.14. The van der Waals surface area contributed by atoms with Crippen LogP contribution >= 0.6 is 0 Å². The average molecular weight is 545 g/mol. The molecule has 2 amide bonds. The molecule has 9 nitrogen and oxygen atoms in total. The molecule has 0 unspecified atom stereocenters. The first kappa shape index (κ1) is 26.4. The minimum atomic E-state index is -0.536. The highest BCUT2D eigenvalue weighted by atomic mass is 16.5. The van der Waals surface area contributed by atoms with E-state index < -0.39 is 5.54 Å². The molecule has 0 radical (unpaired) electrons. The molecule has 5 aliphatic rings. The van der Waals surface area contributed by atoms with Gasteiger partial charge in [-0.2, -0.15) is 0 Å². The number of carbonyl (C=O) groups excluding carboxylic acids is 2. The molecule has 6 bridgehead atoms. The summed E-state index contributed by atoms with van der Waals surface area (Å²) < 4.78 is 17.5. The van der Waals surface area contributed by atoms with Crippen molar-refractivity contribution in [2.45, 2.75) is 56.7 Å². The van der Waals surface area contributed by atoms with Gasteiger partial charge in [-0.1, -0.05) is 25.1 Å². The van der Waals surface area contributed by atoms with Crippen LogP contribution in [0.25, 0.3) is 6.08 Å². The van der Waals surface area contributed by atoms with Gasteiger partial charge >= 0.3 is 0 Å². The molecule has 9 heteroatoms. The Morgan fingerprint density at radius 3 is 2.77 bits per heavy atom. The van der Waals surface area contributed by atoms with Crippen LogP contribution in [0.3, 0.4) is 0 Å². The Morgan fingerprint density at radius 2 is 1.98 bits per heavy atom. The number of hydrogen-bond donors (Lipinski definition) is 2. The predicted molar refractivity (Wildman–Crippen MR) is 151 cm³/mol. The molecule has 7 rings (SSSR count). The standard InChI is InChI=1S/C31H36N4O5/c1-3-31-12-5-4-6-19-7-9-26-23(14-19)28(21(17-38-2)18-40-26)33-29(37)20-8-10-25-22(15-20)24(11-13-39-25)35(27(36)16-31)30(32)34-31/h4,6-10,14-15,21,24,28H,3,5,11-13,16-18H2,1-2H3,(H2,32,34)(H,33,37)/b6-4+/t21-,24-,28+,31-/m1/s1. The summed E-state index contributed by atoms with van der Waals surface area (Å²) >= 11 is 0. The molecule has 2 aromatic rings. The monoisotopic (exact) mass is 544 g/mol. The molecular weight excluding hydrogens is 508 g/mol. The number of amides is 2. The summed E-state index contributed by atoms with van der Waals surface area (Å²) in [5.74, 6) is 1.34. The Balaban J connectivity index is 1.46. The van der Waals surface area contributed by atoms with E-state index in [1.54, 1.807) is 24.1 Å². The van der Waals surface area contributed by atoms with Gasteiger partial charge in [0.05, 0.1) is 43.9 Å². The van der Waals surface area contributed by atoms with Gasteiger partial charge in [0.25, 0.3) is 5.91 Å². The number of nitrogens with zero attached hydrogens (tertiary/aromatic N) is 2. The zero-order valence-corrected chi connectivity index (χ0v) is 23.0. The van der Waals surface area contributed by atoms with Crippen LogP contribution in [0.1, 0.15) is 78.2 Å². The molecule has 210 valence electrons. The normalized spacial score (nSPS) is 28.4. The number of guanidine groups is 1. The van der Waals surface area contributed by atoms with Crippen molar-refractivity contribution >= 4 is 23.8 Å². The number of nitrogens with two attached hydrogens (primary N) is 1. The van der Waals surface area contributed by atoms with E-state index in [2.05, 4.69) is 30.5 Å². The van der Waals surface area contributed by atoms with Crippen molar-refractivity contribution < 1.29 is 23.8 Å². The summed E-state index contributed by atoms with van der Waals surface area (Å²) in [5.41, 5.74) is 9.18. The summed E-state index contributed by atoms with van der Waals surface area (Å²) in [6, 6.07) is 10.8. The van der Waals surface area contributed by atoms with Crippen LogP contribution in [0.2, 0.25) is 0 Å². The summed E-state index contributed by atoms with van der Waals surface area (Å²) in [5, 5.41) is 3.26. The fraction of sp³-hybridized carbons (Fsp3) is 0.452. The fourth-order valence-electron chi connectivity index (χ4n) is 6.42. The van der Waals surface area contributed by atoms with Gasteiger partial charge in [-0.25, -0.2) is 4.99 Å². The van der Waals surface area contributed by atoms with E-state index >= 15 is 0 Å². The second-order valence-corrected chi connectivity index (χ2v) is 11.1. The Bertz CT molecular complexity index is 1390. The van der Waals surface area contributed by atoms with E-state index in [0.29, 0.717) is 50.4 Å². The summed E-state index contributed by atoms with van der Waals surface area (Å²) in [6.07, 6.45) is 7.23. The van der Waals surface area contributed by atoms with E-state index in [1.807, 2.05) is 18.2 Å². The molecule has 40 heavy (non-hydrogen) atoms. The van der Waals surface area contributed by atoms with Gasteiger partial charge in [0.15, 0.2) is 5.96 Å². The highest BCUT2D eigenvalue weighted by molar-refractivity contribution is 6.00. The van der Waals surface area contributed by atoms with Gasteiger partial charge in [-0.3, -0.25) is 14.5 Å². The topological polar surface area (TPSA) is 115 Å². The first-order valence-corrected chi connectivity index (χ1v) is 14.1. The number of methoxy groups -OCH3 is 1. The summed E-state index contributed by atoms with van der Waals surface area (Å²) in [7, 11) is 1.66. The maximum Gasteiger partial charge on any atom is 0.251 e. The number of ether oxygens (including phenoxy) is 3. The smallest absolute Gasteiger partial charge is 0.251 e. The molecule has 5 heterocycles. The highest BCUT2D eigenvalue weighted by Gasteiger charge is 2.42. The lowest BCUT2D eigenvalue weighted by Crippen LogP contribution is -2.53. The highest BCUT2D eigenvalue weighted by Crippen LogP contribution is 2.41.